The Balaban J connectivity index is 3.20. The van der Waals surface area contributed by atoms with Gasteiger partial charge in [0.1, 0.15) is 5.69 Å². The van der Waals surface area contributed by atoms with Crippen LogP contribution in [0, 0.1) is 4.91 Å². The molecule has 0 saturated heterocycles. The molecule has 0 aliphatic carbocycles. The monoisotopic (exact) mass is 211 g/mol. The summed E-state index contributed by atoms with van der Waals surface area (Å²) < 4.78 is 10.1. The van der Waals surface area contributed by atoms with Gasteiger partial charge in [0.15, 0.2) is 11.5 Å². The highest BCUT2D eigenvalue weighted by Crippen LogP contribution is 2.34. The standard InChI is InChI=1S/C10H13NO4/c1-14-9-5-7(3-4-12)8(11-13)6-10(9)15-2/h5-6,12H,3-4H2,1-2H3. The lowest BCUT2D eigenvalue weighted by Gasteiger charge is -2.10. The third-order valence-electron chi connectivity index (χ3n) is 2.06. The van der Waals surface area contributed by atoms with Crippen molar-refractivity contribution < 1.29 is 14.6 Å². The number of aliphatic hydroxyl groups excluding tert-OH is 1. The van der Waals surface area contributed by atoms with Gasteiger partial charge in [-0.1, -0.05) is 0 Å². The molecule has 0 heterocycles. The van der Waals surface area contributed by atoms with E-state index in [-0.39, 0.29) is 12.3 Å². The Labute approximate surface area is 87.6 Å². The normalized spacial score (nSPS) is 9.80. The fraction of sp³-hybridized carbons (Fsp3) is 0.400. The van der Waals surface area contributed by atoms with Gasteiger partial charge in [-0.3, -0.25) is 0 Å². The molecule has 0 radical (unpaired) electrons. The van der Waals surface area contributed by atoms with Crippen molar-refractivity contribution in [3.8, 4) is 11.5 Å². The molecule has 1 aromatic rings. The van der Waals surface area contributed by atoms with Gasteiger partial charge in [-0.25, -0.2) is 0 Å². The number of nitroso groups, excluding NO2 is 1. The number of hydrogen-bond donors (Lipinski definition) is 1. The number of methoxy groups -OCH3 is 2. The van der Waals surface area contributed by atoms with Gasteiger partial charge >= 0.3 is 0 Å². The number of nitrogens with zero attached hydrogens (tertiary/aromatic N) is 1. The zero-order valence-corrected chi connectivity index (χ0v) is 8.69. The van der Waals surface area contributed by atoms with Crippen molar-refractivity contribution >= 4 is 5.69 Å². The Morgan fingerprint density at radius 1 is 1.27 bits per heavy atom. The Morgan fingerprint density at radius 2 is 1.87 bits per heavy atom. The smallest absolute Gasteiger partial charge is 0.163 e. The van der Waals surface area contributed by atoms with Crippen LogP contribution in [0.3, 0.4) is 0 Å². The largest absolute Gasteiger partial charge is 0.493 e. The first-order chi connectivity index (χ1) is 7.26. The van der Waals surface area contributed by atoms with E-state index in [9.17, 15) is 4.91 Å². The first-order valence-corrected chi connectivity index (χ1v) is 4.46. The molecule has 0 amide bonds. The predicted octanol–water partition coefficient (Wildman–Crippen LogP) is 1.64. The van der Waals surface area contributed by atoms with Gasteiger partial charge in [0.05, 0.1) is 14.2 Å². The molecule has 5 nitrogen and oxygen atoms in total. The first kappa shape index (κ1) is 11.5. The van der Waals surface area contributed by atoms with Crippen LogP contribution in [0.5, 0.6) is 11.5 Å². The zero-order chi connectivity index (χ0) is 11.3. The van der Waals surface area contributed by atoms with Crippen molar-refractivity contribution in [3.05, 3.63) is 22.6 Å². The first-order valence-electron chi connectivity index (χ1n) is 4.46. The van der Waals surface area contributed by atoms with Gasteiger partial charge in [0.25, 0.3) is 0 Å². The van der Waals surface area contributed by atoms with E-state index in [1.165, 1.54) is 20.3 Å². The number of rotatable bonds is 5. The minimum absolute atomic E-state index is 0.0436. The molecule has 0 spiro atoms. The molecule has 0 fully saturated rings. The molecule has 1 rings (SSSR count). The van der Waals surface area contributed by atoms with Crippen molar-refractivity contribution in [1.29, 1.82) is 0 Å². The van der Waals surface area contributed by atoms with Crippen LogP contribution in [-0.4, -0.2) is 25.9 Å². The molecule has 0 atom stereocenters. The van der Waals surface area contributed by atoms with E-state index >= 15 is 0 Å². The van der Waals surface area contributed by atoms with Crippen molar-refractivity contribution in [2.24, 2.45) is 5.18 Å². The summed E-state index contributed by atoms with van der Waals surface area (Å²) in [6.07, 6.45) is 0.363. The summed E-state index contributed by atoms with van der Waals surface area (Å²) in [5, 5.41) is 11.7. The lowest BCUT2D eigenvalue weighted by Crippen LogP contribution is -1.95. The third kappa shape index (κ3) is 2.44. The molecule has 15 heavy (non-hydrogen) atoms. The molecule has 0 aliphatic rings. The van der Waals surface area contributed by atoms with Crippen LogP contribution in [0.15, 0.2) is 17.3 Å². The topological polar surface area (TPSA) is 68.1 Å². The minimum Gasteiger partial charge on any atom is -0.493 e. The van der Waals surface area contributed by atoms with Crippen LogP contribution in [0.1, 0.15) is 5.56 Å². The summed E-state index contributed by atoms with van der Waals surface area (Å²) in [5.74, 6) is 0.974. The molecule has 1 aromatic carbocycles. The average molecular weight is 211 g/mol. The molecular weight excluding hydrogens is 198 g/mol. The summed E-state index contributed by atoms with van der Waals surface area (Å²) in [6.45, 7) is -0.0436. The van der Waals surface area contributed by atoms with Crippen LogP contribution in [-0.2, 0) is 6.42 Å². The average Bonchev–Trinajstić information content (AvgIpc) is 2.28. The van der Waals surface area contributed by atoms with Crippen LogP contribution < -0.4 is 9.47 Å². The molecule has 82 valence electrons. The second-order valence-electron chi connectivity index (χ2n) is 2.90. The van der Waals surface area contributed by atoms with Crippen molar-refractivity contribution in [1.82, 2.24) is 0 Å². The predicted molar refractivity (Wildman–Crippen MR) is 55.8 cm³/mol. The quantitative estimate of drug-likeness (QED) is 0.751. The molecule has 0 unspecified atom stereocenters. The minimum atomic E-state index is -0.0436. The highest BCUT2D eigenvalue weighted by molar-refractivity contribution is 5.57. The molecule has 0 bridgehead atoms. The van der Waals surface area contributed by atoms with Crippen molar-refractivity contribution in [2.45, 2.75) is 6.42 Å². The second kappa shape index (κ2) is 5.31. The maximum Gasteiger partial charge on any atom is 0.163 e. The Hall–Kier alpha value is -1.62. The van der Waals surface area contributed by atoms with Crippen molar-refractivity contribution in [3.63, 3.8) is 0 Å². The lowest BCUT2D eigenvalue weighted by molar-refractivity contribution is 0.299. The molecular formula is C10H13NO4. The van der Waals surface area contributed by atoms with Crippen LogP contribution >= 0.6 is 0 Å². The van der Waals surface area contributed by atoms with E-state index in [2.05, 4.69) is 5.18 Å². The van der Waals surface area contributed by atoms with Gasteiger partial charge in [0, 0.05) is 12.7 Å². The Bertz CT molecular complexity index is 352. The van der Waals surface area contributed by atoms with E-state index in [0.29, 0.717) is 23.5 Å². The van der Waals surface area contributed by atoms with E-state index < -0.39 is 0 Å². The fourth-order valence-corrected chi connectivity index (χ4v) is 1.32. The Kier molecular flexibility index (Phi) is 4.05. The number of benzene rings is 1. The third-order valence-corrected chi connectivity index (χ3v) is 2.06. The SMILES string of the molecule is COc1cc(CCO)c(N=O)cc1OC. The van der Waals surface area contributed by atoms with Crippen molar-refractivity contribution in [2.75, 3.05) is 20.8 Å². The van der Waals surface area contributed by atoms with Gasteiger partial charge in [-0.15, -0.1) is 4.91 Å². The van der Waals surface area contributed by atoms with Gasteiger partial charge in [-0.2, -0.15) is 0 Å². The van der Waals surface area contributed by atoms with Gasteiger partial charge < -0.3 is 14.6 Å². The molecule has 5 heteroatoms. The maximum absolute atomic E-state index is 10.5. The second-order valence-corrected chi connectivity index (χ2v) is 2.90. The molecule has 0 aromatic heterocycles. The highest BCUT2D eigenvalue weighted by atomic mass is 16.5. The van der Waals surface area contributed by atoms with E-state index in [1.807, 2.05) is 0 Å². The number of hydrogen-bond acceptors (Lipinski definition) is 5. The highest BCUT2D eigenvalue weighted by Gasteiger charge is 2.11. The molecule has 1 N–H and O–H groups in total. The summed E-state index contributed by atoms with van der Waals surface area (Å²) in [5.41, 5.74) is 0.909. The van der Waals surface area contributed by atoms with Gasteiger partial charge in [-0.05, 0) is 23.2 Å². The fourth-order valence-electron chi connectivity index (χ4n) is 1.32. The van der Waals surface area contributed by atoms with Crippen LogP contribution in [0.4, 0.5) is 5.69 Å². The lowest BCUT2D eigenvalue weighted by atomic mass is 10.1. The van der Waals surface area contributed by atoms with Gasteiger partial charge in [0.2, 0.25) is 0 Å². The molecule has 0 aliphatic heterocycles. The molecule has 0 saturated carbocycles. The summed E-state index contributed by atoms with van der Waals surface area (Å²) in [7, 11) is 2.99. The van der Waals surface area contributed by atoms with E-state index in [1.54, 1.807) is 6.07 Å². The maximum atomic E-state index is 10.5. The van der Waals surface area contributed by atoms with Crippen LogP contribution in [0.2, 0.25) is 0 Å². The number of aliphatic hydroxyl groups is 1. The summed E-state index contributed by atoms with van der Waals surface area (Å²) >= 11 is 0. The Morgan fingerprint density at radius 3 is 2.33 bits per heavy atom. The van der Waals surface area contributed by atoms with E-state index in [4.69, 9.17) is 14.6 Å². The van der Waals surface area contributed by atoms with Crippen LogP contribution in [0.25, 0.3) is 0 Å². The summed E-state index contributed by atoms with van der Waals surface area (Å²) in [4.78, 5) is 10.5. The van der Waals surface area contributed by atoms with E-state index in [0.717, 1.165) is 0 Å². The zero-order valence-electron chi connectivity index (χ0n) is 8.69. The number of ether oxygens (including phenoxy) is 2. The summed E-state index contributed by atoms with van der Waals surface area (Å²) in [6, 6.07) is 3.14.